The Morgan fingerprint density at radius 1 is 1.29 bits per heavy atom. The Labute approximate surface area is 107 Å². The molecule has 88 valence electrons. The van der Waals surface area contributed by atoms with Crippen molar-refractivity contribution in [3.8, 4) is 11.6 Å². The number of rotatable bonds is 3. The Bertz CT molecular complexity index is 534. The molecule has 0 aliphatic heterocycles. The van der Waals surface area contributed by atoms with Crippen LogP contribution < -0.4 is 10.5 Å². The molecule has 2 N–H and O–H groups in total. The van der Waals surface area contributed by atoms with Gasteiger partial charge in [-0.25, -0.2) is 9.37 Å². The molecule has 0 atom stereocenters. The first-order chi connectivity index (χ1) is 8.22. The van der Waals surface area contributed by atoms with Crippen LogP contribution >= 0.6 is 15.9 Å². The highest BCUT2D eigenvalue weighted by atomic mass is 79.9. The highest BCUT2D eigenvalue weighted by Gasteiger charge is 2.10. The maximum Gasteiger partial charge on any atom is 0.233 e. The van der Waals surface area contributed by atoms with Crippen molar-refractivity contribution >= 4 is 15.9 Å². The lowest BCUT2D eigenvalue weighted by Gasteiger charge is -2.10. The van der Waals surface area contributed by atoms with Gasteiger partial charge in [0.05, 0.1) is 4.47 Å². The number of nitrogens with zero attached hydrogens (tertiary/aromatic N) is 1. The Hall–Kier alpha value is -1.46. The first-order valence-electron chi connectivity index (χ1n) is 4.98. The van der Waals surface area contributed by atoms with Crippen LogP contribution in [0.1, 0.15) is 5.56 Å². The second-order valence-electron chi connectivity index (χ2n) is 3.31. The predicted molar refractivity (Wildman–Crippen MR) is 66.3 cm³/mol. The molecule has 0 unspecified atom stereocenters. The zero-order valence-electron chi connectivity index (χ0n) is 8.86. The first-order valence-corrected chi connectivity index (χ1v) is 5.77. The van der Waals surface area contributed by atoms with Gasteiger partial charge in [0.2, 0.25) is 5.88 Å². The number of benzene rings is 1. The van der Waals surface area contributed by atoms with Gasteiger partial charge in [0, 0.05) is 18.3 Å². The van der Waals surface area contributed by atoms with Crippen LogP contribution in [0.3, 0.4) is 0 Å². The van der Waals surface area contributed by atoms with Crippen LogP contribution in [0.15, 0.2) is 41.0 Å². The van der Waals surface area contributed by atoms with E-state index in [-0.39, 0.29) is 12.4 Å². The zero-order valence-corrected chi connectivity index (χ0v) is 10.4. The van der Waals surface area contributed by atoms with E-state index in [1.54, 1.807) is 30.5 Å². The lowest BCUT2D eigenvalue weighted by molar-refractivity contribution is 0.447. The summed E-state index contributed by atoms with van der Waals surface area (Å²) in [6, 6.07) is 8.14. The Morgan fingerprint density at radius 3 is 2.82 bits per heavy atom. The largest absolute Gasteiger partial charge is 0.437 e. The highest BCUT2D eigenvalue weighted by Crippen LogP contribution is 2.30. The molecule has 17 heavy (non-hydrogen) atoms. The Morgan fingerprint density at radius 2 is 2.12 bits per heavy atom. The van der Waals surface area contributed by atoms with Crippen molar-refractivity contribution in [3.63, 3.8) is 0 Å². The summed E-state index contributed by atoms with van der Waals surface area (Å²) >= 11 is 3.31. The molecule has 2 aromatic rings. The van der Waals surface area contributed by atoms with Crippen LogP contribution in [0.5, 0.6) is 11.6 Å². The predicted octanol–water partition coefficient (Wildman–Crippen LogP) is 3.23. The van der Waals surface area contributed by atoms with Crippen LogP contribution in [-0.4, -0.2) is 4.98 Å². The maximum atomic E-state index is 13.5. The minimum atomic E-state index is -0.378. The monoisotopic (exact) mass is 296 g/mol. The van der Waals surface area contributed by atoms with Crippen molar-refractivity contribution in [1.29, 1.82) is 0 Å². The molecule has 1 heterocycles. The number of pyridine rings is 1. The molecule has 2 rings (SSSR count). The second kappa shape index (κ2) is 5.25. The van der Waals surface area contributed by atoms with E-state index in [9.17, 15) is 4.39 Å². The molecule has 0 spiro atoms. The fourth-order valence-electron chi connectivity index (χ4n) is 1.38. The number of aromatic nitrogens is 1. The topological polar surface area (TPSA) is 48.1 Å². The normalized spacial score (nSPS) is 10.3. The summed E-state index contributed by atoms with van der Waals surface area (Å²) in [5.41, 5.74) is 5.83. The quantitative estimate of drug-likeness (QED) is 0.946. The second-order valence-corrected chi connectivity index (χ2v) is 4.17. The standard InChI is InChI=1S/C12H10BrFN2O/c13-9-3-2-6-16-12(9)17-11-5-1-4-10(14)8(11)7-15/h1-6H,7,15H2. The molecule has 0 saturated carbocycles. The minimum absolute atomic E-state index is 0.0759. The highest BCUT2D eigenvalue weighted by molar-refractivity contribution is 9.10. The fraction of sp³-hybridized carbons (Fsp3) is 0.0833. The molecule has 1 aromatic heterocycles. The van der Waals surface area contributed by atoms with Crippen LogP contribution in [0.2, 0.25) is 0 Å². The van der Waals surface area contributed by atoms with Gasteiger partial charge in [-0.3, -0.25) is 0 Å². The molecule has 0 saturated heterocycles. The van der Waals surface area contributed by atoms with Crippen molar-refractivity contribution < 1.29 is 9.13 Å². The van der Waals surface area contributed by atoms with Gasteiger partial charge in [0.15, 0.2) is 0 Å². The maximum absolute atomic E-state index is 13.5. The van der Waals surface area contributed by atoms with E-state index in [1.165, 1.54) is 6.07 Å². The van der Waals surface area contributed by atoms with Crippen LogP contribution in [-0.2, 0) is 6.54 Å². The number of hydrogen-bond donors (Lipinski definition) is 1. The van der Waals surface area contributed by atoms with E-state index in [4.69, 9.17) is 10.5 Å². The molecule has 0 radical (unpaired) electrons. The first kappa shape index (κ1) is 12.0. The molecule has 0 amide bonds. The number of halogens is 2. The van der Waals surface area contributed by atoms with E-state index < -0.39 is 0 Å². The van der Waals surface area contributed by atoms with Crippen molar-refractivity contribution in [2.24, 2.45) is 5.73 Å². The molecule has 5 heteroatoms. The summed E-state index contributed by atoms with van der Waals surface area (Å²) in [5.74, 6) is 0.386. The van der Waals surface area contributed by atoms with Gasteiger partial charge in [-0.05, 0) is 40.2 Å². The van der Waals surface area contributed by atoms with Gasteiger partial charge in [-0.15, -0.1) is 0 Å². The summed E-state index contributed by atoms with van der Waals surface area (Å²) in [4.78, 5) is 4.05. The molecule has 3 nitrogen and oxygen atoms in total. The summed E-state index contributed by atoms with van der Waals surface area (Å²) in [7, 11) is 0. The summed E-state index contributed by atoms with van der Waals surface area (Å²) in [6.07, 6.45) is 1.60. The van der Waals surface area contributed by atoms with Gasteiger partial charge in [-0.2, -0.15) is 0 Å². The molecular formula is C12H10BrFN2O. The van der Waals surface area contributed by atoms with Gasteiger partial charge in [0.1, 0.15) is 11.6 Å². The van der Waals surface area contributed by atoms with E-state index in [1.807, 2.05) is 0 Å². The van der Waals surface area contributed by atoms with E-state index >= 15 is 0 Å². The van der Waals surface area contributed by atoms with E-state index in [0.29, 0.717) is 21.7 Å². The minimum Gasteiger partial charge on any atom is -0.437 e. The number of nitrogens with two attached hydrogens (primary N) is 1. The van der Waals surface area contributed by atoms with E-state index in [2.05, 4.69) is 20.9 Å². The summed E-state index contributed by atoms with van der Waals surface area (Å²) < 4.78 is 19.7. The zero-order chi connectivity index (χ0) is 12.3. The fourth-order valence-corrected chi connectivity index (χ4v) is 1.72. The molecule has 0 bridgehead atoms. The molecule has 0 aliphatic rings. The van der Waals surface area contributed by atoms with Crippen LogP contribution in [0.4, 0.5) is 4.39 Å². The van der Waals surface area contributed by atoms with Gasteiger partial charge < -0.3 is 10.5 Å². The third kappa shape index (κ3) is 2.62. The number of hydrogen-bond acceptors (Lipinski definition) is 3. The average molecular weight is 297 g/mol. The summed E-state index contributed by atoms with van der Waals surface area (Å²) in [6.45, 7) is 0.0759. The number of ether oxygens (including phenoxy) is 1. The third-order valence-electron chi connectivity index (χ3n) is 2.21. The lowest BCUT2D eigenvalue weighted by atomic mass is 10.2. The smallest absolute Gasteiger partial charge is 0.233 e. The molecule has 1 aromatic carbocycles. The third-order valence-corrected chi connectivity index (χ3v) is 2.81. The van der Waals surface area contributed by atoms with Crippen molar-refractivity contribution in [1.82, 2.24) is 4.98 Å². The van der Waals surface area contributed by atoms with Gasteiger partial charge in [0.25, 0.3) is 0 Å². The SMILES string of the molecule is NCc1c(F)cccc1Oc1ncccc1Br. The van der Waals surface area contributed by atoms with Crippen LogP contribution in [0.25, 0.3) is 0 Å². The average Bonchev–Trinajstić information content (AvgIpc) is 2.32. The van der Waals surface area contributed by atoms with Crippen LogP contribution in [0, 0.1) is 5.82 Å². The Balaban J connectivity index is 2.37. The summed E-state index contributed by atoms with van der Waals surface area (Å²) in [5, 5.41) is 0. The van der Waals surface area contributed by atoms with Gasteiger partial charge >= 0.3 is 0 Å². The van der Waals surface area contributed by atoms with Crippen molar-refractivity contribution in [2.75, 3.05) is 0 Å². The lowest BCUT2D eigenvalue weighted by Crippen LogP contribution is -2.03. The van der Waals surface area contributed by atoms with Crippen molar-refractivity contribution in [3.05, 3.63) is 52.4 Å². The molecule has 0 fully saturated rings. The van der Waals surface area contributed by atoms with Gasteiger partial charge in [-0.1, -0.05) is 6.07 Å². The molecule has 0 aliphatic carbocycles. The van der Waals surface area contributed by atoms with Crippen molar-refractivity contribution in [2.45, 2.75) is 6.54 Å². The molecular weight excluding hydrogens is 287 g/mol. The Kier molecular flexibility index (Phi) is 3.71. The van der Waals surface area contributed by atoms with E-state index in [0.717, 1.165) is 0 Å².